The Morgan fingerprint density at radius 1 is 1.02 bits per heavy atom. The molecule has 16 heteroatoms. The topological polar surface area (TPSA) is 256 Å². The monoisotopic (exact) mass is 707 g/mol. The minimum absolute atomic E-state index is 0.00585. The zero-order valence-electron chi connectivity index (χ0n) is 28.9. The third kappa shape index (κ3) is 9.95. The van der Waals surface area contributed by atoms with Crippen LogP contribution < -0.4 is 16.4 Å². The van der Waals surface area contributed by atoms with Crippen molar-refractivity contribution in [3.8, 4) is 0 Å². The van der Waals surface area contributed by atoms with E-state index in [2.05, 4.69) is 10.6 Å². The van der Waals surface area contributed by atoms with E-state index in [4.69, 9.17) is 24.7 Å². The average molecular weight is 708 g/mol. The Morgan fingerprint density at radius 3 is 2.32 bits per heavy atom. The summed E-state index contributed by atoms with van der Waals surface area (Å²) in [4.78, 5) is 52.3. The molecule has 16 nitrogen and oxygen atoms in total. The summed E-state index contributed by atoms with van der Waals surface area (Å²) in [5.74, 6) is -2.95. The van der Waals surface area contributed by atoms with Crippen molar-refractivity contribution in [3.63, 3.8) is 0 Å². The summed E-state index contributed by atoms with van der Waals surface area (Å²) in [6.45, 7) is 6.36. The van der Waals surface area contributed by atoms with E-state index in [1.54, 1.807) is 26.8 Å². The van der Waals surface area contributed by atoms with Gasteiger partial charge >= 0.3 is 6.09 Å². The number of amides is 2. The molecule has 278 valence electrons. The van der Waals surface area contributed by atoms with Crippen LogP contribution in [0, 0.1) is 11.8 Å². The van der Waals surface area contributed by atoms with Crippen LogP contribution in [0.1, 0.15) is 40.5 Å². The van der Waals surface area contributed by atoms with Crippen LogP contribution in [0.4, 0.5) is 4.79 Å². The average Bonchev–Trinajstić information content (AvgIpc) is 3.06. The molecule has 3 aliphatic rings. The fraction of sp³-hybridized carbons (Fsp3) is 0.588. The van der Waals surface area contributed by atoms with Gasteiger partial charge in [-0.1, -0.05) is 38.2 Å². The molecule has 2 bridgehead atoms. The molecule has 0 saturated carbocycles. The summed E-state index contributed by atoms with van der Waals surface area (Å²) in [6, 6.07) is 0. The second-order valence-electron chi connectivity index (χ2n) is 12.8. The highest BCUT2D eigenvalue weighted by atomic mass is 16.6. The molecular formula is C34H49N3O13. The molecule has 0 aromatic rings. The highest BCUT2D eigenvalue weighted by Crippen LogP contribution is 2.29. The van der Waals surface area contributed by atoms with Crippen LogP contribution in [0.5, 0.6) is 0 Å². The third-order valence-corrected chi connectivity index (χ3v) is 8.96. The van der Waals surface area contributed by atoms with Crippen molar-refractivity contribution in [2.45, 2.75) is 95.7 Å². The minimum atomic E-state index is -1.81. The van der Waals surface area contributed by atoms with Crippen LogP contribution in [0.2, 0.25) is 0 Å². The van der Waals surface area contributed by atoms with E-state index in [1.165, 1.54) is 39.4 Å². The molecule has 3 rings (SSSR count). The van der Waals surface area contributed by atoms with E-state index in [1.807, 2.05) is 0 Å². The van der Waals surface area contributed by atoms with Crippen LogP contribution in [-0.4, -0.2) is 125 Å². The first kappa shape index (κ1) is 40.7. The van der Waals surface area contributed by atoms with Crippen molar-refractivity contribution in [2.24, 2.45) is 17.6 Å². The Hall–Kier alpha value is -3.74. The number of nitrogens with one attached hydrogen (secondary N) is 2. The van der Waals surface area contributed by atoms with Gasteiger partial charge in [-0.25, -0.2) is 4.79 Å². The number of hydrogen-bond acceptors (Lipinski definition) is 14. The number of rotatable bonds is 6. The van der Waals surface area contributed by atoms with Gasteiger partial charge in [-0.3, -0.25) is 14.4 Å². The van der Waals surface area contributed by atoms with Crippen molar-refractivity contribution >= 4 is 23.6 Å². The van der Waals surface area contributed by atoms with E-state index in [-0.39, 0.29) is 41.9 Å². The zero-order valence-corrected chi connectivity index (χ0v) is 28.9. The lowest BCUT2D eigenvalue weighted by Gasteiger charge is -2.38. The zero-order chi connectivity index (χ0) is 37.4. The highest BCUT2D eigenvalue weighted by Gasteiger charge is 2.43. The molecule has 2 aliphatic heterocycles. The predicted molar refractivity (Wildman–Crippen MR) is 176 cm³/mol. The maximum atomic E-state index is 13.9. The number of carbonyl (C=O) groups excluding carboxylic acids is 4. The van der Waals surface area contributed by atoms with E-state index in [0.29, 0.717) is 5.57 Å². The number of aliphatic hydroxyl groups excluding tert-OH is 5. The van der Waals surface area contributed by atoms with E-state index >= 15 is 0 Å². The van der Waals surface area contributed by atoms with Gasteiger partial charge in [0.1, 0.15) is 30.5 Å². The number of primary amides is 1. The molecule has 1 fully saturated rings. The number of aliphatic hydroxyl groups is 5. The van der Waals surface area contributed by atoms with Crippen molar-refractivity contribution in [3.05, 3.63) is 58.5 Å². The Labute approximate surface area is 290 Å². The number of hydrogen-bond donors (Lipinski definition) is 8. The first-order chi connectivity index (χ1) is 23.5. The van der Waals surface area contributed by atoms with Gasteiger partial charge in [0.05, 0.1) is 23.6 Å². The largest absolute Gasteiger partial charge is 0.439 e. The lowest BCUT2D eigenvalue weighted by atomic mass is 9.85. The fourth-order valence-corrected chi connectivity index (χ4v) is 6.08. The first-order valence-electron chi connectivity index (χ1n) is 16.2. The molecule has 0 aromatic heterocycles. The van der Waals surface area contributed by atoms with Gasteiger partial charge < -0.3 is 60.8 Å². The molecule has 9 N–H and O–H groups in total. The molecule has 0 radical (unpaired) electrons. The summed E-state index contributed by atoms with van der Waals surface area (Å²) >= 11 is 0. The molecular weight excluding hydrogens is 658 g/mol. The molecule has 50 heavy (non-hydrogen) atoms. The van der Waals surface area contributed by atoms with Crippen LogP contribution >= 0.6 is 0 Å². The molecule has 1 saturated heterocycles. The fourth-order valence-electron chi connectivity index (χ4n) is 6.08. The van der Waals surface area contributed by atoms with Crippen LogP contribution in [0.3, 0.4) is 0 Å². The number of fused-ring (bicyclic) bond motifs is 2. The van der Waals surface area contributed by atoms with Gasteiger partial charge in [0, 0.05) is 43.9 Å². The number of nitrogens with two attached hydrogens (primary N) is 1. The molecule has 1 unspecified atom stereocenters. The number of allylic oxidation sites excluding steroid dienone is 4. The SMILES string of the molecule is CO[C@H]1/C=C\C=C(/C)C(=O)NC2=CC(=O)C(NC[C@@H]3OC(O)[C@@H](O)[C@H](O)[C@H]3O)=C(C[C@@H](C)C[C@H](OC)[C@H](O)[C@@H](C)/C=C(\C)[C@@H]1OC(N)=O)C2=O. The molecule has 2 heterocycles. The van der Waals surface area contributed by atoms with Crippen molar-refractivity contribution in [1.82, 2.24) is 10.6 Å². The minimum Gasteiger partial charge on any atom is -0.439 e. The maximum Gasteiger partial charge on any atom is 0.405 e. The summed E-state index contributed by atoms with van der Waals surface area (Å²) in [5.41, 5.74) is 5.58. The Bertz CT molecular complexity index is 1440. The lowest BCUT2D eigenvalue weighted by molar-refractivity contribution is -0.280. The molecule has 2 amide bonds. The predicted octanol–water partition coefficient (Wildman–Crippen LogP) is -0.848. The van der Waals surface area contributed by atoms with E-state index in [0.717, 1.165) is 6.08 Å². The summed E-state index contributed by atoms with van der Waals surface area (Å²) in [7, 11) is 2.82. The van der Waals surface area contributed by atoms with Gasteiger partial charge in [-0.05, 0) is 38.2 Å². The van der Waals surface area contributed by atoms with E-state index < -0.39 is 90.5 Å². The Kier molecular flexibility index (Phi) is 14.6. The standard InChI is InChI=1S/C34H49N3O13/c1-15-10-19-25(36-14-24-28(41)29(42)30(43)33(45)49-24)21(38)13-20(27(19)40)37-32(44)16(2)8-7-9-22(47-5)31(50-34(35)46)18(4)12-17(3)26(39)23(11-15)48-6/h7-9,12-13,15,17,22-24,26,28-31,33,36,39,41-43,45H,10-11,14H2,1-6H3,(H2,35,46)(H,37,44)/b9-7-,16-8+,18-12+/t15-,17+,22+,23+,24+,26-,28+,29-,30+,31+,33?/m1/s1. The summed E-state index contributed by atoms with van der Waals surface area (Å²) < 4.78 is 21.8. The van der Waals surface area contributed by atoms with Crippen molar-refractivity contribution in [1.29, 1.82) is 0 Å². The lowest BCUT2D eigenvalue weighted by Crippen LogP contribution is -2.59. The van der Waals surface area contributed by atoms with Gasteiger partial charge in [0.25, 0.3) is 5.91 Å². The van der Waals surface area contributed by atoms with Crippen molar-refractivity contribution < 1.29 is 63.7 Å². The number of carbonyl (C=O) groups is 4. The van der Waals surface area contributed by atoms with Gasteiger partial charge in [-0.15, -0.1) is 0 Å². The quantitative estimate of drug-likeness (QED) is 0.124. The van der Waals surface area contributed by atoms with Crippen LogP contribution in [0.15, 0.2) is 58.5 Å². The number of methoxy groups -OCH3 is 2. The Morgan fingerprint density at radius 2 is 1.70 bits per heavy atom. The van der Waals surface area contributed by atoms with Gasteiger partial charge in [0.2, 0.25) is 11.6 Å². The van der Waals surface area contributed by atoms with Gasteiger partial charge in [0.15, 0.2) is 12.4 Å². The summed E-state index contributed by atoms with van der Waals surface area (Å²) in [5, 5.41) is 56.9. The normalized spacial score (nSPS) is 37.9. The van der Waals surface area contributed by atoms with Crippen molar-refractivity contribution in [2.75, 3.05) is 20.8 Å². The first-order valence-corrected chi connectivity index (χ1v) is 16.2. The summed E-state index contributed by atoms with van der Waals surface area (Å²) in [6.07, 6.45) is -5.58. The number of Topliss-reactive ketones (excluding diaryl/α,β-unsaturated/α-hetero) is 1. The van der Waals surface area contributed by atoms with Crippen LogP contribution in [0.25, 0.3) is 0 Å². The third-order valence-electron chi connectivity index (χ3n) is 8.96. The number of ketones is 2. The highest BCUT2D eigenvalue weighted by molar-refractivity contribution is 6.23. The number of ether oxygens (including phenoxy) is 4. The smallest absolute Gasteiger partial charge is 0.405 e. The van der Waals surface area contributed by atoms with Crippen LogP contribution in [-0.2, 0) is 33.3 Å². The Balaban J connectivity index is 2.04. The maximum absolute atomic E-state index is 13.9. The molecule has 1 aliphatic carbocycles. The molecule has 0 spiro atoms. The van der Waals surface area contributed by atoms with Gasteiger partial charge in [-0.2, -0.15) is 0 Å². The molecule has 11 atom stereocenters. The second-order valence-corrected chi connectivity index (χ2v) is 12.8. The molecule has 0 aromatic carbocycles. The van der Waals surface area contributed by atoms with E-state index in [9.17, 15) is 44.7 Å². The second kappa shape index (κ2) is 18.0.